The molecule has 1 heterocycles. The third kappa shape index (κ3) is 2.74. The molecule has 0 aliphatic carbocycles. The van der Waals surface area contributed by atoms with E-state index in [9.17, 15) is 0 Å². The van der Waals surface area contributed by atoms with Gasteiger partial charge in [0.25, 0.3) is 0 Å². The Morgan fingerprint density at radius 2 is 2.19 bits per heavy atom. The van der Waals surface area contributed by atoms with Crippen LogP contribution in [0.2, 0.25) is 0 Å². The van der Waals surface area contributed by atoms with Crippen molar-refractivity contribution < 1.29 is 4.42 Å². The summed E-state index contributed by atoms with van der Waals surface area (Å²) >= 11 is 0. The average molecular weight is 215 g/mol. The van der Waals surface area contributed by atoms with E-state index in [1.807, 2.05) is 24.3 Å². The van der Waals surface area contributed by atoms with Gasteiger partial charge in [0.2, 0.25) is 0 Å². The Hall–Kier alpha value is -1.54. The molecule has 2 nitrogen and oxygen atoms in total. The highest BCUT2D eigenvalue weighted by Crippen LogP contribution is 2.19. The fourth-order valence-electron chi connectivity index (χ4n) is 1.65. The van der Waals surface area contributed by atoms with E-state index in [4.69, 9.17) is 4.42 Å². The van der Waals surface area contributed by atoms with Gasteiger partial charge in [0.05, 0.1) is 0 Å². The molecule has 1 aromatic carbocycles. The van der Waals surface area contributed by atoms with Crippen molar-refractivity contribution in [2.45, 2.75) is 13.3 Å². The third-order valence-corrected chi connectivity index (χ3v) is 2.46. The predicted octanol–water partition coefficient (Wildman–Crippen LogP) is 3.45. The molecule has 0 amide bonds. The number of para-hydroxylation sites is 1. The second-order valence-electron chi connectivity index (χ2n) is 3.73. The highest BCUT2D eigenvalue weighted by Gasteiger charge is 1.98. The summed E-state index contributed by atoms with van der Waals surface area (Å²) in [7, 11) is 0. The van der Waals surface area contributed by atoms with Gasteiger partial charge in [0.15, 0.2) is 0 Å². The zero-order valence-electron chi connectivity index (χ0n) is 9.57. The van der Waals surface area contributed by atoms with Crippen molar-refractivity contribution in [3.05, 3.63) is 42.2 Å². The summed E-state index contributed by atoms with van der Waals surface area (Å²) in [5, 5.41) is 4.44. The lowest BCUT2D eigenvalue weighted by Crippen LogP contribution is -2.12. The Morgan fingerprint density at radius 1 is 1.31 bits per heavy atom. The van der Waals surface area contributed by atoms with E-state index in [0.29, 0.717) is 0 Å². The van der Waals surface area contributed by atoms with Crippen LogP contribution in [-0.4, -0.2) is 13.1 Å². The number of hydrogen-bond acceptors (Lipinski definition) is 2. The van der Waals surface area contributed by atoms with Gasteiger partial charge < -0.3 is 9.73 Å². The second kappa shape index (κ2) is 5.52. The predicted molar refractivity (Wildman–Crippen MR) is 68.4 cm³/mol. The van der Waals surface area contributed by atoms with E-state index < -0.39 is 0 Å². The van der Waals surface area contributed by atoms with E-state index in [-0.39, 0.29) is 0 Å². The maximum Gasteiger partial charge on any atom is 0.134 e. The Kier molecular flexibility index (Phi) is 3.78. The molecule has 2 heteroatoms. The monoisotopic (exact) mass is 215 g/mol. The highest BCUT2D eigenvalue weighted by molar-refractivity contribution is 5.79. The van der Waals surface area contributed by atoms with Crippen LogP contribution in [0.25, 0.3) is 17.0 Å². The number of rotatable bonds is 5. The molecule has 0 aliphatic heterocycles. The molecule has 0 fully saturated rings. The fourth-order valence-corrected chi connectivity index (χ4v) is 1.65. The molecule has 16 heavy (non-hydrogen) atoms. The first-order valence-electron chi connectivity index (χ1n) is 5.76. The maximum atomic E-state index is 5.67. The Morgan fingerprint density at radius 3 is 3.00 bits per heavy atom. The van der Waals surface area contributed by atoms with Gasteiger partial charge in [0.1, 0.15) is 11.3 Å². The van der Waals surface area contributed by atoms with Crippen molar-refractivity contribution in [2.24, 2.45) is 0 Å². The molecular formula is C14H17NO. The molecule has 2 aromatic rings. The minimum atomic E-state index is 0.928. The summed E-state index contributed by atoms with van der Waals surface area (Å²) in [6.07, 6.45) is 5.21. The molecule has 0 radical (unpaired) electrons. The van der Waals surface area contributed by atoms with Crippen molar-refractivity contribution in [3.8, 4) is 0 Å². The molecule has 0 saturated carbocycles. The number of nitrogens with one attached hydrogen (secondary N) is 1. The van der Waals surface area contributed by atoms with Crippen molar-refractivity contribution >= 4 is 17.0 Å². The molecule has 0 atom stereocenters. The summed E-state index contributed by atoms with van der Waals surface area (Å²) in [5.41, 5.74) is 0.953. The van der Waals surface area contributed by atoms with Crippen LogP contribution < -0.4 is 5.32 Å². The molecule has 0 spiro atoms. The minimum absolute atomic E-state index is 0.928. The van der Waals surface area contributed by atoms with Crippen molar-refractivity contribution in [2.75, 3.05) is 13.1 Å². The van der Waals surface area contributed by atoms with Crippen molar-refractivity contribution in [3.63, 3.8) is 0 Å². The number of benzene rings is 1. The summed E-state index contributed by atoms with van der Waals surface area (Å²) in [6.45, 7) is 4.16. The molecular weight excluding hydrogens is 198 g/mol. The summed E-state index contributed by atoms with van der Waals surface area (Å²) in [5.74, 6) is 0.928. The number of hydrogen-bond donors (Lipinski definition) is 1. The normalized spacial score (nSPS) is 11.6. The van der Waals surface area contributed by atoms with Gasteiger partial charge in [-0.15, -0.1) is 0 Å². The summed E-state index contributed by atoms with van der Waals surface area (Å²) in [6, 6.07) is 10.1. The quantitative estimate of drug-likeness (QED) is 0.773. The SMILES string of the molecule is CCNCC/C=C/c1cc2ccccc2o1. The summed E-state index contributed by atoms with van der Waals surface area (Å²) < 4.78 is 5.67. The van der Waals surface area contributed by atoms with Crippen molar-refractivity contribution in [1.29, 1.82) is 0 Å². The number of fused-ring (bicyclic) bond motifs is 1. The molecule has 0 saturated heterocycles. The lowest BCUT2D eigenvalue weighted by atomic mass is 10.2. The van der Waals surface area contributed by atoms with Gasteiger partial charge in [-0.3, -0.25) is 0 Å². The first-order chi connectivity index (χ1) is 7.90. The maximum absolute atomic E-state index is 5.67. The largest absolute Gasteiger partial charge is 0.457 e. The van der Waals surface area contributed by atoms with E-state index in [0.717, 1.165) is 36.2 Å². The van der Waals surface area contributed by atoms with Crippen LogP contribution in [-0.2, 0) is 0 Å². The van der Waals surface area contributed by atoms with E-state index >= 15 is 0 Å². The van der Waals surface area contributed by atoms with Crippen LogP contribution in [0.5, 0.6) is 0 Å². The molecule has 0 aliphatic rings. The van der Waals surface area contributed by atoms with E-state index in [1.54, 1.807) is 0 Å². The zero-order chi connectivity index (χ0) is 11.2. The number of furan rings is 1. The molecule has 1 aromatic heterocycles. The van der Waals surface area contributed by atoms with E-state index in [1.165, 1.54) is 0 Å². The minimum Gasteiger partial charge on any atom is -0.457 e. The molecule has 84 valence electrons. The third-order valence-electron chi connectivity index (χ3n) is 2.46. The average Bonchev–Trinajstić information content (AvgIpc) is 2.71. The van der Waals surface area contributed by atoms with E-state index in [2.05, 4.69) is 30.4 Å². The highest BCUT2D eigenvalue weighted by atomic mass is 16.3. The van der Waals surface area contributed by atoms with Gasteiger partial charge in [-0.05, 0) is 37.7 Å². The van der Waals surface area contributed by atoms with Gasteiger partial charge in [-0.1, -0.05) is 31.2 Å². The van der Waals surface area contributed by atoms with Crippen LogP contribution in [0.1, 0.15) is 19.1 Å². The van der Waals surface area contributed by atoms with Gasteiger partial charge >= 0.3 is 0 Å². The van der Waals surface area contributed by atoms with Gasteiger partial charge in [0, 0.05) is 5.39 Å². The zero-order valence-corrected chi connectivity index (χ0v) is 9.57. The van der Waals surface area contributed by atoms with Crippen LogP contribution in [0.3, 0.4) is 0 Å². The first kappa shape index (κ1) is 11.0. The van der Waals surface area contributed by atoms with Crippen LogP contribution in [0.15, 0.2) is 40.8 Å². The topological polar surface area (TPSA) is 25.2 Å². The second-order valence-corrected chi connectivity index (χ2v) is 3.73. The Bertz CT molecular complexity index is 437. The molecule has 1 N–H and O–H groups in total. The lowest BCUT2D eigenvalue weighted by Gasteiger charge is -1.94. The van der Waals surface area contributed by atoms with Crippen LogP contribution in [0.4, 0.5) is 0 Å². The Labute approximate surface area is 96.0 Å². The first-order valence-corrected chi connectivity index (χ1v) is 5.76. The summed E-state index contributed by atoms with van der Waals surface area (Å²) in [4.78, 5) is 0. The van der Waals surface area contributed by atoms with Crippen LogP contribution >= 0.6 is 0 Å². The van der Waals surface area contributed by atoms with Crippen molar-refractivity contribution in [1.82, 2.24) is 5.32 Å². The smallest absolute Gasteiger partial charge is 0.134 e. The van der Waals surface area contributed by atoms with Gasteiger partial charge in [-0.2, -0.15) is 0 Å². The molecule has 0 unspecified atom stereocenters. The standard InChI is InChI=1S/C14H17NO/c1-2-15-10-6-5-8-13-11-12-7-3-4-9-14(12)16-13/h3-5,7-9,11,15H,2,6,10H2,1H3/b8-5+. The Balaban J connectivity index is 1.98. The van der Waals surface area contributed by atoms with Gasteiger partial charge in [-0.25, -0.2) is 0 Å². The molecule has 2 rings (SSSR count). The lowest BCUT2D eigenvalue weighted by molar-refractivity contribution is 0.604. The molecule has 0 bridgehead atoms. The van der Waals surface area contributed by atoms with Crippen LogP contribution in [0, 0.1) is 0 Å². The fraction of sp³-hybridized carbons (Fsp3) is 0.286.